The summed E-state index contributed by atoms with van der Waals surface area (Å²) in [6, 6.07) is 0.511. The maximum absolute atomic E-state index is 5.86. The van der Waals surface area contributed by atoms with Crippen molar-refractivity contribution in [3.63, 3.8) is 0 Å². The quantitative estimate of drug-likeness (QED) is 0.625. The molecule has 1 nitrogen and oxygen atoms in total. The summed E-state index contributed by atoms with van der Waals surface area (Å²) < 4.78 is 0. The van der Waals surface area contributed by atoms with E-state index in [4.69, 9.17) is 5.73 Å². The molecular weight excluding hydrogens is 122 g/mol. The Kier molecular flexibility index (Phi) is 2.35. The highest BCUT2D eigenvalue weighted by atomic mass is 14.7. The molecule has 0 aromatic heterocycles. The molecule has 3 atom stereocenters. The van der Waals surface area contributed by atoms with Crippen LogP contribution < -0.4 is 5.73 Å². The maximum Gasteiger partial charge on any atom is 0.00699 e. The fraction of sp³-hybridized carbons (Fsp3) is 1.00. The van der Waals surface area contributed by atoms with Gasteiger partial charge in [0, 0.05) is 6.04 Å². The SMILES string of the molecule is CC(C)[C@@H](C)[C@@H]1CCC1N. The monoisotopic (exact) mass is 141 g/mol. The zero-order valence-electron chi connectivity index (χ0n) is 7.30. The molecule has 1 saturated carbocycles. The third kappa shape index (κ3) is 1.34. The van der Waals surface area contributed by atoms with E-state index in [1.165, 1.54) is 12.8 Å². The minimum atomic E-state index is 0.511. The molecule has 0 amide bonds. The highest BCUT2D eigenvalue weighted by Gasteiger charge is 2.32. The van der Waals surface area contributed by atoms with E-state index in [0.29, 0.717) is 6.04 Å². The van der Waals surface area contributed by atoms with Gasteiger partial charge in [-0.3, -0.25) is 0 Å². The predicted octanol–water partition coefficient (Wildman–Crippen LogP) is 2.02. The molecule has 2 N–H and O–H groups in total. The van der Waals surface area contributed by atoms with Crippen LogP contribution in [0.15, 0.2) is 0 Å². The molecule has 10 heavy (non-hydrogen) atoms. The first-order valence-corrected chi connectivity index (χ1v) is 4.38. The Labute approximate surface area is 64.0 Å². The van der Waals surface area contributed by atoms with Crippen LogP contribution in [-0.2, 0) is 0 Å². The molecule has 0 aromatic rings. The summed E-state index contributed by atoms with van der Waals surface area (Å²) in [5, 5.41) is 0. The lowest BCUT2D eigenvalue weighted by Gasteiger charge is -2.40. The minimum Gasteiger partial charge on any atom is -0.327 e. The number of hydrogen-bond donors (Lipinski definition) is 1. The molecule has 0 bridgehead atoms. The summed E-state index contributed by atoms with van der Waals surface area (Å²) in [6.45, 7) is 6.90. The van der Waals surface area contributed by atoms with Crippen molar-refractivity contribution in [3.05, 3.63) is 0 Å². The van der Waals surface area contributed by atoms with Crippen molar-refractivity contribution in [2.45, 2.75) is 39.7 Å². The van der Waals surface area contributed by atoms with E-state index in [-0.39, 0.29) is 0 Å². The zero-order valence-corrected chi connectivity index (χ0v) is 7.30. The average Bonchev–Trinajstić information content (AvgIpc) is 1.84. The molecule has 0 saturated heterocycles. The van der Waals surface area contributed by atoms with Crippen molar-refractivity contribution >= 4 is 0 Å². The largest absolute Gasteiger partial charge is 0.327 e. The van der Waals surface area contributed by atoms with Crippen molar-refractivity contribution in [3.8, 4) is 0 Å². The van der Waals surface area contributed by atoms with E-state index in [9.17, 15) is 0 Å². The fourth-order valence-electron chi connectivity index (χ4n) is 1.70. The van der Waals surface area contributed by atoms with Gasteiger partial charge in [0.05, 0.1) is 0 Å². The summed E-state index contributed by atoms with van der Waals surface area (Å²) in [5.74, 6) is 2.44. The molecule has 60 valence electrons. The average molecular weight is 141 g/mol. The molecule has 0 radical (unpaired) electrons. The standard InChI is InChI=1S/C9H19N/c1-6(2)7(3)8-4-5-9(8)10/h6-9H,4-5,10H2,1-3H3/t7-,8+,9?/m1/s1. The van der Waals surface area contributed by atoms with Crippen LogP contribution in [0.1, 0.15) is 33.6 Å². The second kappa shape index (κ2) is 2.91. The van der Waals surface area contributed by atoms with Crippen LogP contribution in [-0.4, -0.2) is 6.04 Å². The van der Waals surface area contributed by atoms with E-state index in [2.05, 4.69) is 20.8 Å². The molecule has 0 aliphatic heterocycles. The second-order valence-corrected chi connectivity index (χ2v) is 4.01. The third-order valence-electron chi connectivity index (χ3n) is 3.11. The lowest BCUT2D eigenvalue weighted by molar-refractivity contribution is 0.142. The molecule has 0 heterocycles. The van der Waals surface area contributed by atoms with E-state index in [0.717, 1.165) is 17.8 Å². The number of hydrogen-bond acceptors (Lipinski definition) is 1. The second-order valence-electron chi connectivity index (χ2n) is 4.01. The normalized spacial score (nSPS) is 35.7. The van der Waals surface area contributed by atoms with Gasteiger partial charge in [-0.15, -0.1) is 0 Å². The van der Waals surface area contributed by atoms with Crippen LogP contribution in [0.2, 0.25) is 0 Å². The molecule has 1 fully saturated rings. The Morgan fingerprint density at radius 3 is 1.90 bits per heavy atom. The van der Waals surface area contributed by atoms with E-state index in [1.54, 1.807) is 0 Å². The van der Waals surface area contributed by atoms with Crippen molar-refractivity contribution in [1.82, 2.24) is 0 Å². The van der Waals surface area contributed by atoms with Crippen molar-refractivity contribution in [2.75, 3.05) is 0 Å². The van der Waals surface area contributed by atoms with Crippen LogP contribution in [0.25, 0.3) is 0 Å². The summed E-state index contributed by atoms with van der Waals surface area (Å²) in [4.78, 5) is 0. The summed E-state index contributed by atoms with van der Waals surface area (Å²) in [6.07, 6.45) is 2.61. The lowest BCUT2D eigenvalue weighted by Crippen LogP contribution is -2.44. The first kappa shape index (κ1) is 8.06. The zero-order chi connectivity index (χ0) is 7.72. The first-order valence-electron chi connectivity index (χ1n) is 4.38. The smallest absolute Gasteiger partial charge is 0.00699 e. The van der Waals surface area contributed by atoms with Crippen molar-refractivity contribution < 1.29 is 0 Å². The summed E-state index contributed by atoms with van der Waals surface area (Å²) in [7, 11) is 0. The Balaban J connectivity index is 2.34. The Hall–Kier alpha value is -0.0400. The van der Waals surface area contributed by atoms with Crippen LogP contribution in [0.5, 0.6) is 0 Å². The molecule has 0 aromatic carbocycles. The van der Waals surface area contributed by atoms with Gasteiger partial charge in [-0.2, -0.15) is 0 Å². The maximum atomic E-state index is 5.86. The topological polar surface area (TPSA) is 26.0 Å². The number of rotatable bonds is 2. The van der Waals surface area contributed by atoms with Crippen LogP contribution in [0, 0.1) is 17.8 Å². The van der Waals surface area contributed by atoms with Crippen LogP contribution in [0.3, 0.4) is 0 Å². The Morgan fingerprint density at radius 1 is 1.20 bits per heavy atom. The third-order valence-corrected chi connectivity index (χ3v) is 3.11. The summed E-state index contributed by atoms with van der Waals surface area (Å²) in [5.41, 5.74) is 5.86. The van der Waals surface area contributed by atoms with Gasteiger partial charge >= 0.3 is 0 Å². The molecule has 1 rings (SSSR count). The highest BCUT2D eigenvalue weighted by molar-refractivity contribution is 4.87. The molecule has 1 aliphatic rings. The molecule has 1 unspecified atom stereocenters. The molecule has 1 aliphatic carbocycles. The van der Waals surface area contributed by atoms with Gasteiger partial charge in [-0.25, -0.2) is 0 Å². The molecule has 0 spiro atoms. The first-order chi connectivity index (χ1) is 4.63. The number of nitrogens with two attached hydrogens (primary N) is 1. The predicted molar refractivity (Wildman–Crippen MR) is 44.7 cm³/mol. The van der Waals surface area contributed by atoms with Crippen LogP contribution in [0.4, 0.5) is 0 Å². The van der Waals surface area contributed by atoms with Gasteiger partial charge in [0.25, 0.3) is 0 Å². The highest BCUT2D eigenvalue weighted by Crippen LogP contribution is 2.35. The summed E-state index contributed by atoms with van der Waals surface area (Å²) >= 11 is 0. The fourth-order valence-corrected chi connectivity index (χ4v) is 1.70. The van der Waals surface area contributed by atoms with Gasteiger partial charge in [0.1, 0.15) is 0 Å². The molecular formula is C9H19N. The Bertz CT molecular complexity index is 105. The van der Waals surface area contributed by atoms with Gasteiger partial charge in [-0.1, -0.05) is 20.8 Å². The van der Waals surface area contributed by atoms with E-state index < -0.39 is 0 Å². The van der Waals surface area contributed by atoms with Crippen molar-refractivity contribution in [2.24, 2.45) is 23.5 Å². The molecule has 1 heteroatoms. The van der Waals surface area contributed by atoms with Gasteiger partial charge in [-0.05, 0) is 30.6 Å². The van der Waals surface area contributed by atoms with E-state index in [1.807, 2.05) is 0 Å². The van der Waals surface area contributed by atoms with Crippen LogP contribution >= 0.6 is 0 Å². The van der Waals surface area contributed by atoms with Crippen molar-refractivity contribution in [1.29, 1.82) is 0 Å². The Morgan fingerprint density at radius 2 is 1.80 bits per heavy atom. The van der Waals surface area contributed by atoms with Gasteiger partial charge < -0.3 is 5.73 Å². The lowest BCUT2D eigenvalue weighted by atomic mass is 9.69. The van der Waals surface area contributed by atoms with Gasteiger partial charge in [0.2, 0.25) is 0 Å². The van der Waals surface area contributed by atoms with E-state index >= 15 is 0 Å². The van der Waals surface area contributed by atoms with Gasteiger partial charge in [0.15, 0.2) is 0 Å². The minimum absolute atomic E-state index is 0.511.